The van der Waals surface area contributed by atoms with Crippen molar-refractivity contribution in [1.29, 1.82) is 0 Å². The van der Waals surface area contributed by atoms with Crippen LogP contribution in [0, 0.1) is 13.8 Å². The van der Waals surface area contributed by atoms with Gasteiger partial charge in [-0.1, -0.05) is 0 Å². The monoisotopic (exact) mass is 380 g/mol. The fourth-order valence-corrected chi connectivity index (χ4v) is 3.49. The fraction of sp³-hybridized carbons (Fsp3) is 0.235. The van der Waals surface area contributed by atoms with E-state index in [-0.39, 0.29) is 11.7 Å². The van der Waals surface area contributed by atoms with E-state index in [4.69, 9.17) is 0 Å². The maximum absolute atomic E-state index is 12.5. The molecular weight excluding hydrogens is 364 g/mol. The van der Waals surface area contributed by atoms with Gasteiger partial charge in [-0.05, 0) is 26.0 Å². The van der Waals surface area contributed by atoms with Gasteiger partial charge in [0.25, 0.3) is 11.7 Å². The van der Waals surface area contributed by atoms with Gasteiger partial charge >= 0.3 is 0 Å². The third-order valence-electron chi connectivity index (χ3n) is 3.87. The van der Waals surface area contributed by atoms with Crippen LogP contribution in [-0.2, 0) is 6.42 Å². The summed E-state index contributed by atoms with van der Waals surface area (Å²) in [5.74, 6) is 0.959. The van der Waals surface area contributed by atoms with Gasteiger partial charge in [-0.3, -0.25) is 9.20 Å². The number of amides is 1. The normalized spacial score (nSPS) is 11.0. The van der Waals surface area contributed by atoms with Crippen LogP contribution in [0.3, 0.4) is 0 Å². The Balaban J connectivity index is 1.41. The van der Waals surface area contributed by atoms with E-state index in [9.17, 15) is 4.79 Å². The molecule has 10 heteroatoms. The highest BCUT2D eigenvalue weighted by molar-refractivity contribution is 7.13. The summed E-state index contributed by atoms with van der Waals surface area (Å²) < 4.78 is 1.65. The lowest BCUT2D eigenvalue weighted by Gasteiger charge is -2.05. The molecule has 0 aromatic carbocycles. The molecule has 0 bridgehead atoms. The number of rotatable bonds is 5. The van der Waals surface area contributed by atoms with Crippen molar-refractivity contribution in [2.75, 3.05) is 6.54 Å². The van der Waals surface area contributed by atoms with E-state index in [1.54, 1.807) is 22.9 Å². The van der Waals surface area contributed by atoms with E-state index < -0.39 is 0 Å². The molecule has 1 amide bonds. The zero-order valence-corrected chi connectivity index (χ0v) is 15.6. The van der Waals surface area contributed by atoms with Crippen molar-refractivity contribution in [3.63, 3.8) is 0 Å². The first-order chi connectivity index (χ1) is 13.1. The molecule has 0 spiro atoms. The molecule has 0 atom stereocenters. The second-order valence-corrected chi connectivity index (χ2v) is 6.78. The number of aryl methyl sites for hydroxylation is 2. The minimum absolute atomic E-state index is 0.228. The van der Waals surface area contributed by atoms with E-state index in [0.29, 0.717) is 24.6 Å². The van der Waals surface area contributed by atoms with Gasteiger partial charge in [0.05, 0.1) is 5.69 Å². The number of nitrogens with one attached hydrogen (secondary N) is 1. The minimum Gasteiger partial charge on any atom is -0.349 e. The molecule has 0 aliphatic rings. The minimum atomic E-state index is -0.293. The Labute approximate surface area is 158 Å². The number of hydrogen-bond donors (Lipinski definition) is 1. The molecule has 0 saturated heterocycles. The van der Waals surface area contributed by atoms with Gasteiger partial charge in [-0.2, -0.15) is 0 Å². The quantitative estimate of drug-likeness (QED) is 0.560. The number of aromatic nitrogens is 7. The highest BCUT2D eigenvalue weighted by Crippen LogP contribution is 2.19. The predicted octanol–water partition coefficient (Wildman–Crippen LogP) is 1.63. The second kappa shape index (κ2) is 7.16. The number of hydrogen-bond acceptors (Lipinski definition) is 8. The Morgan fingerprint density at radius 3 is 2.81 bits per heavy atom. The van der Waals surface area contributed by atoms with Crippen molar-refractivity contribution >= 4 is 23.0 Å². The smallest absolute Gasteiger partial charge is 0.289 e. The summed E-state index contributed by atoms with van der Waals surface area (Å²) in [4.78, 5) is 29.7. The van der Waals surface area contributed by atoms with Gasteiger partial charge in [0.1, 0.15) is 0 Å². The Kier molecular flexibility index (Phi) is 4.55. The number of carbonyl (C=O) groups is 1. The van der Waals surface area contributed by atoms with Crippen molar-refractivity contribution in [2.24, 2.45) is 0 Å². The van der Waals surface area contributed by atoms with E-state index in [0.717, 1.165) is 22.1 Å². The topological polar surface area (TPSA) is 111 Å². The molecule has 0 aliphatic heterocycles. The summed E-state index contributed by atoms with van der Waals surface area (Å²) in [6.07, 6.45) is 3.97. The fourth-order valence-electron chi connectivity index (χ4n) is 2.69. The molecule has 0 unspecified atom stereocenters. The van der Waals surface area contributed by atoms with Crippen LogP contribution in [0.5, 0.6) is 0 Å². The van der Waals surface area contributed by atoms with Gasteiger partial charge in [-0.15, -0.1) is 21.5 Å². The summed E-state index contributed by atoms with van der Waals surface area (Å²) in [5.41, 5.74) is 2.57. The lowest BCUT2D eigenvalue weighted by atomic mass is 10.3. The molecule has 4 rings (SSSR count). The molecule has 0 aliphatic carbocycles. The first-order valence-corrected chi connectivity index (χ1v) is 9.19. The third kappa shape index (κ3) is 3.51. The van der Waals surface area contributed by atoms with Crippen LogP contribution in [0.4, 0.5) is 0 Å². The summed E-state index contributed by atoms with van der Waals surface area (Å²) in [7, 11) is 0. The highest BCUT2D eigenvalue weighted by atomic mass is 32.1. The highest BCUT2D eigenvalue weighted by Gasteiger charge is 2.16. The van der Waals surface area contributed by atoms with Crippen LogP contribution in [0.25, 0.3) is 16.6 Å². The number of thiazole rings is 1. The van der Waals surface area contributed by atoms with E-state index in [2.05, 4.69) is 35.5 Å². The van der Waals surface area contributed by atoms with Crippen LogP contribution in [-0.4, -0.2) is 47.0 Å². The Hall–Kier alpha value is -3.27. The zero-order chi connectivity index (χ0) is 18.8. The van der Waals surface area contributed by atoms with Crippen LogP contribution < -0.4 is 5.32 Å². The van der Waals surface area contributed by atoms with E-state index >= 15 is 0 Å². The largest absolute Gasteiger partial charge is 0.349 e. The second-order valence-electron chi connectivity index (χ2n) is 5.92. The van der Waals surface area contributed by atoms with Gasteiger partial charge in [-0.25, -0.2) is 19.9 Å². The summed E-state index contributed by atoms with van der Waals surface area (Å²) in [5, 5.41) is 13.5. The van der Waals surface area contributed by atoms with Crippen LogP contribution in [0.2, 0.25) is 0 Å². The van der Waals surface area contributed by atoms with Crippen molar-refractivity contribution < 1.29 is 4.79 Å². The SMILES string of the molecule is Cc1cc(C)n2c(C(=O)NCCc3csc(-c4ncccn4)n3)nnc2n1. The molecule has 0 saturated carbocycles. The molecule has 4 aromatic rings. The average molecular weight is 380 g/mol. The van der Waals surface area contributed by atoms with Crippen molar-refractivity contribution in [1.82, 2.24) is 39.9 Å². The third-order valence-corrected chi connectivity index (χ3v) is 4.76. The first-order valence-electron chi connectivity index (χ1n) is 8.31. The zero-order valence-electron chi connectivity index (χ0n) is 14.7. The molecule has 0 fully saturated rings. The van der Waals surface area contributed by atoms with Gasteiger partial charge in [0, 0.05) is 42.1 Å². The maximum atomic E-state index is 12.5. The summed E-state index contributed by atoms with van der Waals surface area (Å²) in [6.45, 7) is 4.21. The molecular formula is C17H16N8OS. The molecule has 0 radical (unpaired) electrons. The van der Waals surface area contributed by atoms with Crippen molar-refractivity contribution in [3.8, 4) is 10.8 Å². The average Bonchev–Trinajstić information content (AvgIpc) is 3.29. The predicted molar refractivity (Wildman–Crippen MR) is 99.4 cm³/mol. The van der Waals surface area contributed by atoms with E-state index in [1.807, 2.05) is 25.3 Å². The van der Waals surface area contributed by atoms with E-state index in [1.165, 1.54) is 11.3 Å². The number of nitrogens with zero attached hydrogens (tertiary/aromatic N) is 7. The van der Waals surface area contributed by atoms with Crippen molar-refractivity contribution in [2.45, 2.75) is 20.3 Å². The molecule has 4 heterocycles. The lowest BCUT2D eigenvalue weighted by molar-refractivity contribution is 0.0942. The molecule has 4 aromatic heterocycles. The van der Waals surface area contributed by atoms with Gasteiger partial charge in [0.15, 0.2) is 10.8 Å². The molecule has 136 valence electrons. The van der Waals surface area contributed by atoms with Crippen LogP contribution in [0.15, 0.2) is 29.9 Å². The lowest BCUT2D eigenvalue weighted by Crippen LogP contribution is -2.28. The van der Waals surface area contributed by atoms with Gasteiger partial charge < -0.3 is 5.32 Å². The maximum Gasteiger partial charge on any atom is 0.289 e. The van der Waals surface area contributed by atoms with Gasteiger partial charge in [0.2, 0.25) is 5.82 Å². The Morgan fingerprint density at radius 2 is 2.00 bits per heavy atom. The Bertz CT molecular complexity index is 1100. The summed E-state index contributed by atoms with van der Waals surface area (Å²) in [6, 6.07) is 3.65. The molecule has 9 nitrogen and oxygen atoms in total. The Morgan fingerprint density at radius 1 is 1.19 bits per heavy atom. The first kappa shape index (κ1) is 17.2. The van der Waals surface area contributed by atoms with Crippen molar-refractivity contribution in [3.05, 3.63) is 52.8 Å². The number of carbonyl (C=O) groups excluding carboxylic acids is 1. The summed E-state index contributed by atoms with van der Waals surface area (Å²) >= 11 is 1.48. The van der Waals surface area contributed by atoms with Crippen LogP contribution >= 0.6 is 11.3 Å². The number of fused-ring (bicyclic) bond motifs is 1. The standard InChI is InChI=1S/C17H16N8OS/c1-10-8-11(2)25-14(23-24-17(25)21-10)15(26)20-7-4-12-9-27-16(22-12)13-18-5-3-6-19-13/h3,5-6,8-9H,4,7H2,1-2H3,(H,20,26). The molecule has 27 heavy (non-hydrogen) atoms. The van der Waals surface area contributed by atoms with Crippen LogP contribution in [0.1, 0.15) is 27.7 Å². The molecule has 1 N–H and O–H groups in total.